The minimum absolute atomic E-state index is 0.0671. The van der Waals surface area contributed by atoms with E-state index in [-0.39, 0.29) is 29.7 Å². The van der Waals surface area contributed by atoms with E-state index in [9.17, 15) is 9.59 Å². The summed E-state index contributed by atoms with van der Waals surface area (Å²) >= 11 is 1.55. The third kappa shape index (κ3) is 4.10. The Hall–Kier alpha value is -1.99. The number of aromatic nitrogens is 2. The summed E-state index contributed by atoms with van der Waals surface area (Å²) in [5.74, 6) is -0.198. The number of nitrogens with zero attached hydrogens (tertiary/aromatic N) is 2. The molecule has 1 fully saturated rings. The second-order valence-corrected chi connectivity index (χ2v) is 7.50. The number of hydrogen-bond donors (Lipinski definition) is 1. The van der Waals surface area contributed by atoms with E-state index in [4.69, 9.17) is 4.74 Å². The second-order valence-electron chi connectivity index (χ2n) is 6.56. The van der Waals surface area contributed by atoms with E-state index < -0.39 is 0 Å². The van der Waals surface area contributed by atoms with Gasteiger partial charge in [0.05, 0.1) is 10.5 Å². The normalized spacial score (nSPS) is 19.8. The first-order valence-electron chi connectivity index (χ1n) is 7.98. The maximum Gasteiger partial charge on any atom is 0.267 e. The van der Waals surface area contributed by atoms with Gasteiger partial charge in [-0.25, -0.2) is 4.68 Å². The number of rotatable bonds is 4. The number of nitrogens with one attached hydrogen (secondary N) is 1. The SMILES string of the molecule is CC1(C)CC(NC(=O)Cn2nc(-c3cccs3)ccc2=O)CCO1. The Morgan fingerprint density at radius 2 is 2.29 bits per heavy atom. The zero-order valence-electron chi connectivity index (χ0n) is 13.8. The summed E-state index contributed by atoms with van der Waals surface area (Å²) in [5.41, 5.74) is 0.187. The monoisotopic (exact) mass is 347 g/mol. The van der Waals surface area contributed by atoms with Gasteiger partial charge >= 0.3 is 0 Å². The van der Waals surface area contributed by atoms with Crippen molar-refractivity contribution < 1.29 is 9.53 Å². The number of ether oxygens (including phenoxy) is 1. The molecule has 0 aliphatic carbocycles. The van der Waals surface area contributed by atoms with Crippen molar-refractivity contribution in [1.82, 2.24) is 15.1 Å². The molecule has 1 unspecified atom stereocenters. The van der Waals surface area contributed by atoms with Gasteiger partial charge in [-0.2, -0.15) is 5.10 Å². The molecule has 1 atom stereocenters. The van der Waals surface area contributed by atoms with Crippen molar-refractivity contribution in [3.05, 3.63) is 40.0 Å². The quantitative estimate of drug-likeness (QED) is 0.919. The smallest absolute Gasteiger partial charge is 0.267 e. The molecule has 128 valence electrons. The Morgan fingerprint density at radius 3 is 3.00 bits per heavy atom. The number of carbonyl (C=O) groups excluding carboxylic acids is 1. The zero-order chi connectivity index (χ0) is 17.2. The fourth-order valence-electron chi connectivity index (χ4n) is 2.88. The standard InChI is InChI=1S/C17H21N3O3S/c1-17(2)10-12(7-8-23-17)18-15(21)11-20-16(22)6-5-13(19-20)14-4-3-9-24-14/h3-6,9,12H,7-8,10-11H2,1-2H3,(H,18,21). The third-order valence-corrected chi connectivity index (χ3v) is 4.89. The maximum atomic E-state index is 12.3. The molecular weight excluding hydrogens is 326 g/mol. The summed E-state index contributed by atoms with van der Waals surface area (Å²) in [4.78, 5) is 25.2. The number of carbonyl (C=O) groups is 1. The number of thiophene rings is 1. The lowest BCUT2D eigenvalue weighted by molar-refractivity contribution is -0.124. The molecule has 7 heteroatoms. The lowest BCUT2D eigenvalue weighted by Gasteiger charge is -2.35. The fourth-order valence-corrected chi connectivity index (χ4v) is 3.57. The van der Waals surface area contributed by atoms with E-state index in [2.05, 4.69) is 10.4 Å². The largest absolute Gasteiger partial charge is 0.375 e. The topological polar surface area (TPSA) is 73.2 Å². The first-order chi connectivity index (χ1) is 11.4. The van der Waals surface area contributed by atoms with Gasteiger partial charge in [-0.05, 0) is 44.2 Å². The molecule has 6 nitrogen and oxygen atoms in total. The van der Waals surface area contributed by atoms with Crippen LogP contribution in [0.5, 0.6) is 0 Å². The summed E-state index contributed by atoms with van der Waals surface area (Å²) in [6.45, 7) is 4.59. The van der Waals surface area contributed by atoms with Crippen LogP contribution in [-0.2, 0) is 16.1 Å². The van der Waals surface area contributed by atoms with Crippen molar-refractivity contribution in [3.63, 3.8) is 0 Å². The van der Waals surface area contributed by atoms with Crippen LogP contribution in [0, 0.1) is 0 Å². The minimum Gasteiger partial charge on any atom is -0.375 e. The lowest BCUT2D eigenvalue weighted by atomic mass is 9.94. The van der Waals surface area contributed by atoms with Gasteiger partial charge < -0.3 is 10.1 Å². The van der Waals surface area contributed by atoms with Gasteiger partial charge in [-0.15, -0.1) is 11.3 Å². The van der Waals surface area contributed by atoms with Gasteiger partial charge in [0.25, 0.3) is 5.56 Å². The van der Waals surface area contributed by atoms with Gasteiger partial charge in [0.15, 0.2) is 0 Å². The Morgan fingerprint density at radius 1 is 1.46 bits per heavy atom. The van der Waals surface area contributed by atoms with Crippen LogP contribution < -0.4 is 10.9 Å². The molecule has 1 N–H and O–H groups in total. The molecule has 2 aromatic heterocycles. The van der Waals surface area contributed by atoms with Crippen LogP contribution in [0.2, 0.25) is 0 Å². The highest BCUT2D eigenvalue weighted by molar-refractivity contribution is 7.13. The van der Waals surface area contributed by atoms with Crippen molar-refractivity contribution in [3.8, 4) is 10.6 Å². The molecule has 0 radical (unpaired) electrons. The van der Waals surface area contributed by atoms with E-state index in [0.717, 1.165) is 17.7 Å². The van der Waals surface area contributed by atoms with Gasteiger partial charge in [-0.3, -0.25) is 9.59 Å². The summed E-state index contributed by atoms with van der Waals surface area (Å²) in [6.07, 6.45) is 1.54. The summed E-state index contributed by atoms with van der Waals surface area (Å²) < 4.78 is 6.87. The van der Waals surface area contributed by atoms with E-state index in [1.54, 1.807) is 17.4 Å². The Balaban J connectivity index is 1.68. The average molecular weight is 347 g/mol. The number of hydrogen-bond acceptors (Lipinski definition) is 5. The van der Waals surface area contributed by atoms with Crippen molar-refractivity contribution in [2.45, 2.75) is 44.9 Å². The van der Waals surface area contributed by atoms with Gasteiger partial charge in [0.2, 0.25) is 5.91 Å². The molecule has 0 bridgehead atoms. The molecule has 0 spiro atoms. The third-order valence-electron chi connectivity index (χ3n) is 4.00. The van der Waals surface area contributed by atoms with Crippen LogP contribution in [0.15, 0.2) is 34.4 Å². The second kappa shape index (κ2) is 6.86. The number of amides is 1. The fraction of sp³-hybridized carbons (Fsp3) is 0.471. The summed E-state index contributed by atoms with van der Waals surface area (Å²) in [6, 6.07) is 7.07. The predicted molar refractivity (Wildman–Crippen MR) is 93.0 cm³/mol. The highest BCUT2D eigenvalue weighted by Gasteiger charge is 2.29. The lowest BCUT2D eigenvalue weighted by Crippen LogP contribution is -2.47. The highest BCUT2D eigenvalue weighted by atomic mass is 32.1. The van der Waals surface area contributed by atoms with Crippen LogP contribution >= 0.6 is 11.3 Å². The molecule has 24 heavy (non-hydrogen) atoms. The molecule has 3 rings (SSSR count). The van der Waals surface area contributed by atoms with Crippen LogP contribution in [0.3, 0.4) is 0 Å². The van der Waals surface area contributed by atoms with Crippen LogP contribution in [0.25, 0.3) is 10.6 Å². The zero-order valence-corrected chi connectivity index (χ0v) is 14.6. The summed E-state index contributed by atoms with van der Waals surface area (Å²) in [7, 11) is 0. The molecule has 2 aromatic rings. The van der Waals surface area contributed by atoms with Crippen molar-refractivity contribution in [2.75, 3.05) is 6.61 Å². The first kappa shape index (κ1) is 16.9. The Bertz CT molecular complexity index is 768. The van der Waals surface area contributed by atoms with Gasteiger partial charge in [0, 0.05) is 18.7 Å². The Labute approximate surface area is 144 Å². The van der Waals surface area contributed by atoms with E-state index in [0.29, 0.717) is 12.3 Å². The van der Waals surface area contributed by atoms with E-state index >= 15 is 0 Å². The van der Waals surface area contributed by atoms with Gasteiger partial charge in [0.1, 0.15) is 12.2 Å². The Kier molecular flexibility index (Phi) is 4.82. The highest BCUT2D eigenvalue weighted by Crippen LogP contribution is 2.24. The maximum absolute atomic E-state index is 12.3. The van der Waals surface area contributed by atoms with E-state index in [1.807, 2.05) is 31.4 Å². The van der Waals surface area contributed by atoms with Gasteiger partial charge in [-0.1, -0.05) is 6.07 Å². The first-order valence-corrected chi connectivity index (χ1v) is 8.86. The van der Waals surface area contributed by atoms with Crippen molar-refractivity contribution in [2.24, 2.45) is 0 Å². The van der Waals surface area contributed by atoms with Crippen LogP contribution in [-0.4, -0.2) is 33.9 Å². The molecular formula is C17H21N3O3S. The van der Waals surface area contributed by atoms with Crippen LogP contribution in [0.1, 0.15) is 26.7 Å². The molecule has 1 aliphatic rings. The van der Waals surface area contributed by atoms with Crippen molar-refractivity contribution in [1.29, 1.82) is 0 Å². The predicted octanol–water partition coefficient (Wildman–Crippen LogP) is 2.05. The molecule has 1 aliphatic heterocycles. The molecule has 1 saturated heterocycles. The van der Waals surface area contributed by atoms with Crippen LogP contribution in [0.4, 0.5) is 0 Å². The molecule has 3 heterocycles. The molecule has 0 saturated carbocycles. The van der Waals surface area contributed by atoms with E-state index in [1.165, 1.54) is 10.7 Å². The summed E-state index contributed by atoms with van der Waals surface area (Å²) in [5, 5.41) is 9.24. The molecule has 0 aromatic carbocycles. The average Bonchev–Trinajstić information content (AvgIpc) is 3.02. The van der Waals surface area contributed by atoms with Crippen molar-refractivity contribution >= 4 is 17.2 Å². The molecule has 1 amide bonds. The minimum atomic E-state index is -0.280.